The molecule has 3 nitrogen and oxygen atoms in total. The van der Waals surface area contributed by atoms with Gasteiger partial charge in [-0.2, -0.15) is 0 Å². The molecule has 21 heavy (non-hydrogen) atoms. The number of benzene rings is 1. The van der Waals surface area contributed by atoms with Crippen LogP contribution in [0.1, 0.15) is 44.2 Å². The maximum absolute atomic E-state index is 13.7. The van der Waals surface area contributed by atoms with Crippen LogP contribution >= 0.6 is 0 Å². The van der Waals surface area contributed by atoms with E-state index in [9.17, 15) is 9.18 Å². The zero-order valence-corrected chi connectivity index (χ0v) is 12.6. The lowest BCUT2D eigenvalue weighted by molar-refractivity contribution is -0.122. The zero-order valence-electron chi connectivity index (χ0n) is 12.6. The lowest BCUT2D eigenvalue weighted by atomic mass is 10.0. The molecule has 0 saturated carbocycles. The molecule has 114 valence electrons. The molecule has 0 bridgehead atoms. The number of carbonyl (C=O) groups is 1. The van der Waals surface area contributed by atoms with Crippen molar-refractivity contribution >= 4 is 5.91 Å². The molecule has 0 aliphatic heterocycles. The summed E-state index contributed by atoms with van der Waals surface area (Å²) < 4.78 is 13.7. The molecule has 0 spiro atoms. The molecule has 2 N–H and O–H groups in total. The maximum Gasteiger partial charge on any atom is 0.220 e. The third kappa shape index (κ3) is 6.42. The van der Waals surface area contributed by atoms with Crippen LogP contribution in [-0.4, -0.2) is 17.6 Å². The standard InChI is InChI=1S/C17H22FNO2/c1-3-13(2)10-17(21)19-12-15-11-14(6-4-5-9-20)7-8-16(15)18/h7-8,11,13,20H,3,5,9-10,12H2,1-2H3,(H,19,21). The van der Waals surface area contributed by atoms with E-state index < -0.39 is 0 Å². The highest BCUT2D eigenvalue weighted by atomic mass is 19.1. The van der Waals surface area contributed by atoms with Crippen molar-refractivity contribution in [1.82, 2.24) is 5.32 Å². The summed E-state index contributed by atoms with van der Waals surface area (Å²) in [7, 11) is 0. The van der Waals surface area contributed by atoms with Gasteiger partial charge in [0.1, 0.15) is 5.82 Å². The summed E-state index contributed by atoms with van der Waals surface area (Å²) in [6.07, 6.45) is 1.78. The summed E-state index contributed by atoms with van der Waals surface area (Å²) in [5.41, 5.74) is 1.10. The number of rotatable bonds is 6. The van der Waals surface area contributed by atoms with Gasteiger partial charge in [-0.3, -0.25) is 4.79 Å². The van der Waals surface area contributed by atoms with Crippen LogP contribution < -0.4 is 5.32 Å². The Balaban J connectivity index is 2.64. The fraction of sp³-hybridized carbons (Fsp3) is 0.471. The number of aliphatic hydroxyl groups excluding tert-OH is 1. The summed E-state index contributed by atoms with van der Waals surface area (Å²) in [6.45, 7) is 4.22. The van der Waals surface area contributed by atoms with Gasteiger partial charge in [-0.05, 0) is 24.1 Å². The Bertz CT molecular complexity index is 531. The molecule has 1 amide bonds. The largest absolute Gasteiger partial charge is 0.395 e. The van der Waals surface area contributed by atoms with Crippen molar-refractivity contribution < 1.29 is 14.3 Å². The molecule has 1 atom stereocenters. The van der Waals surface area contributed by atoms with Crippen LogP contribution in [0.2, 0.25) is 0 Å². The first kappa shape index (κ1) is 17.2. The van der Waals surface area contributed by atoms with Gasteiger partial charge in [0.2, 0.25) is 5.91 Å². The highest BCUT2D eigenvalue weighted by Gasteiger charge is 2.09. The third-order valence-corrected chi connectivity index (χ3v) is 3.22. The molecule has 0 aromatic heterocycles. The average molecular weight is 291 g/mol. The second kappa shape index (κ2) is 9.15. The van der Waals surface area contributed by atoms with Crippen LogP contribution in [0.15, 0.2) is 18.2 Å². The average Bonchev–Trinajstić information content (AvgIpc) is 2.47. The van der Waals surface area contributed by atoms with E-state index in [0.717, 1.165) is 6.42 Å². The minimum atomic E-state index is -0.355. The number of hydrogen-bond donors (Lipinski definition) is 2. The van der Waals surface area contributed by atoms with E-state index in [-0.39, 0.29) is 24.9 Å². The molecule has 1 rings (SSSR count). The minimum absolute atomic E-state index is 0.00667. The van der Waals surface area contributed by atoms with Crippen molar-refractivity contribution in [2.45, 2.75) is 39.7 Å². The number of nitrogens with one attached hydrogen (secondary N) is 1. The Morgan fingerprint density at radius 2 is 2.24 bits per heavy atom. The molecule has 0 aliphatic rings. The fourth-order valence-corrected chi connectivity index (χ4v) is 1.74. The number of carbonyl (C=O) groups excluding carboxylic acids is 1. The van der Waals surface area contributed by atoms with E-state index >= 15 is 0 Å². The van der Waals surface area contributed by atoms with Crippen LogP contribution in [-0.2, 0) is 11.3 Å². The first-order chi connectivity index (χ1) is 10.1. The summed E-state index contributed by atoms with van der Waals surface area (Å²) in [5, 5.41) is 11.4. The summed E-state index contributed by atoms with van der Waals surface area (Å²) in [6, 6.07) is 4.56. The molecular weight excluding hydrogens is 269 g/mol. The maximum atomic E-state index is 13.7. The minimum Gasteiger partial charge on any atom is -0.395 e. The Morgan fingerprint density at radius 3 is 2.90 bits per heavy atom. The lowest BCUT2D eigenvalue weighted by Gasteiger charge is -2.10. The topological polar surface area (TPSA) is 49.3 Å². The second-order valence-corrected chi connectivity index (χ2v) is 5.08. The molecule has 0 saturated heterocycles. The molecule has 1 aromatic rings. The second-order valence-electron chi connectivity index (χ2n) is 5.08. The van der Waals surface area contributed by atoms with E-state index in [1.807, 2.05) is 13.8 Å². The van der Waals surface area contributed by atoms with E-state index in [1.54, 1.807) is 12.1 Å². The number of amides is 1. The van der Waals surface area contributed by atoms with Gasteiger partial charge in [-0.1, -0.05) is 32.1 Å². The summed E-state index contributed by atoms with van der Waals surface area (Å²) >= 11 is 0. The first-order valence-electron chi connectivity index (χ1n) is 7.21. The predicted octanol–water partition coefficient (Wildman–Crippen LogP) is 2.61. The lowest BCUT2D eigenvalue weighted by Crippen LogP contribution is -2.24. The molecular formula is C17H22FNO2. The monoisotopic (exact) mass is 291 g/mol. The van der Waals surface area contributed by atoms with Gasteiger partial charge in [0.25, 0.3) is 0 Å². The SMILES string of the molecule is CCC(C)CC(=O)NCc1cc(C#CCCO)ccc1F. The van der Waals surface area contributed by atoms with Crippen LogP contribution in [0.5, 0.6) is 0 Å². The number of halogens is 1. The zero-order chi connectivity index (χ0) is 15.7. The highest BCUT2D eigenvalue weighted by Crippen LogP contribution is 2.11. The van der Waals surface area contributed by atoms with Crippen LogP contribution in [0.4, 0.5) is 4.39 Å². The van der Waals surface area contributed by atoms with Crippen LogP contribution in [0.25, 0.3) is 0 Å². The van der Waals surface area contributed by atoms with Gasteiger partial charge in [0.05, 0.1) is 6.61 Å². The normalized spacial score (nSPS) is 11.4. The fourth-order valence-electron chi connectivity index (χ4n) is 1.74. The Labute approximate surface area is 125 Å². The molecule has 1 unspecified atom stereocenters. The van der Waals surface area contributed by atoms with Crippen molar-refractivity contribution in [2.75, 3.05) is 6.61 Å². The van der Waals surface area contributed by atoms with Gasteiger partial charge in [0.15, 0.2) is 0 Å². The van der Waals surface area contributed by atoms with Gasteiger partial charge < -0.3 is 10.4 Å². The van der Waals surface area contributed by atoms with Gasteiger partial charge in [-0.25, -0.2) is 4.39 Å². The van der Waals surface area contributed by atoms with E-state index in [4.69, 9.17) is 5.11 Å². The quantitative estimate of drug-likeness (QED) is 0.792. The van der Waals surface area contributed by atoms with E-state index in [0.29, 0.717) is 29.9 Å². The van der Waals surface area contributed by atoms with Gasteiger partial charge in [0, 0.05) is 30.5 Å². The molecule has 1 aromatic carbocycles. The molecule has 0 radical (unpaired) electrons. The van der Waals surface area contributed by atoms with E-state index in [1.165, 1.54) is 6.07 Å². The third-order valence-electron chi connectivity index (χ3n) is 3.22. The Hall–Kier alpha value is -1.86. The van der Waals surface area contributed by atoms with E-state index in [2.05, 4.69) is 17.2 Å². The summed E-state index contributed by atoms with van der Waals surface area (Å²) in [4.78, 5) is 11.7. The van der Waals surface area contributed by atoms with Crippen molar-refractivity contribution in [3.05, 3.63) is 35.1 Å². The van der Waals surface area contributed by atoms with Crippen molar-refractivity contribution in [3.8, 4) is 11.8 Å². The summed E-state index contributed by atoms with van der Waals surface area (Å²) in [5.74, 6) is 5.54. The molecule has 4 heteroatoms. The highest BCUT2D eigenvalue weighted by molar-refractivity contribution is 5.76. The van der Waals surface area contributed by atoms with Crippen molar-refractivity contribution in [2.24, 2.45) is 5.92 Å². The molecule has 0 fully saturated rings. The van der Waals surface area contributed by atoms with Crippen LogP contribution in [0, 0.1) is 23.6 Å². The molecule has 0 heterocycles. The predicted molar refractivity (Wildman–Crippen MR) is 80.9 cm³/mol. The van der Waals surface area contributed by atoms with Crippen molar-refractivity contribution in [3.63, 3.8) is 0 Å². The van der Waals surface area contributed by atoms with Gasteiger partial charge in [-0.15, -0.1) is 0 Å². The van der Waals surface area contributed by atoms with Crippen LogP contribution in [0.3, 0.4) is 0 Å². The number of hydrogen-bond acceptors (Lipinski definition) is 2. The molecule has 0 aliphatic carbocycles. The van der Waals surface area contributed by atoms with Crippen molar-refractivity contribution in [1.29, 1.82) is 0 Å². The number of aliphatic hydroxyl groups is 1. The first-order valence-corrected chi connectivity index (χ1v) is 7.21. The van der Waals surface area contributed by atoms with Gasteiger partial charge >= 0.3 is 0 Å². The Kier molecular flexibility index (Phi) is 7.49. The smallest absolute Gasteiger partial charge is 0.220 e. The Morgan fingerprint density at radius 1 is 1.48 bits per heavy atom.